The van der Waals surface area contributed by atoms with Crippen LogP contribution in [0.1, 0.15) is 77.9 Å². The third kappa shape index (κ3) is 14.5. The summed E-state index contributed by atoms with van der Waals surface area (Å²) in [5.41, 5.74) is 4.91. The molecule has 0 aromatic carbocycles. The Morgan fingerprint density at radius 2 is 1.24 bits per heavy atom. The number of amides is 3. The summed E-state index contributed by atoms with van der Waals surface area (Å²) in [6.45, 7) is 7.27. The summed E-state index contributed by atoms with van der Waals surface area (Å²) in [5, 5.41) is 53.3. The topological polar surface area (TPSA) is 322 Å². The lowest BCUT2D eigenvalue weighted by molar-refractivity contribution is -0.141. The molecule has 54 heavy (non-hydrogen) atoms. The third-order valence-corrected chi connectivity index (χ3v) is 8.82. The molecule has 10 N–H and O–H groups in total. The molecule has 0 aliphatic rings. The van der Waals surface area contributed by atoms with Crippen LogP contribution in [0.5, 0.6) is 0 Å². The average molecular weight is 766 g/mol. The molecule has 3 unspecified atom stereocenters. The Bertz CT molecular complexity index is 1580. The number of hydrogen-bond acceptors (Lipinski definition) is 11. The Morgan fingerprint density at radius 1 is 0.759 bits per heavy atom. The zero-order valence-corrected chi connectivity index (χ0v) is 30.7. The molecular formula is C33H51N9O12. The van der Waals surface area contributed by atoms with E-state index >= 15 is 0 Å². The minimum Gasteiger partial charge on any atom is -0.481 e. The highest BCUT2D eigenvalue weighted by Gasteiger charge is 2.40. The van der Waals surface area contributed by atoms with Gasteiger partial charge in [-0.05, 0) is 51.4 Å². The number of unbranched alkanes of at least 4 members (excludes halogenated alkanes) is 1. The predicted octanol–water partition coefficient (Wildman–Crippen LogP) is 0.130. The Balaban J connectivity index is 2.05. The molecular weight excluding hydrogens is 714 g/mol. The van der Waals surface area contributed by atoms with Crippen LogP contribution >= 0.6 is 0 Å². The highest BCUT2D eigenvalue weighted by molar-refractivity contribution is 5.86. The summed E-state index contributed by atoms with van der Waals surface area (Å²) >= 11 is 0. The van der Waals surface area contributed by atoms with Crippen molar-refractivity contribution in [1.82, 2.24) is 40.0 Å². The van der Waals surface area contributed by atoms with Gasteiger partial charge < -0.3 is 56.4 Å². The lowest BCUT2D eigenvalue weighted by Gasteiger charge is -2.44. The first-order chi connectivity index (χ1) is 25.1. The van der Waals surface area contributed by atoms with Gasteiger partial charge >= 0.3 is 35.9 Å². The number of carbonyl (C=O) groups is 7. The van der Waals surface area contributed by atoms with E-state index in [1.54, 1.807) is 12.4 Å². The second-order valence-electron chi connectivity index (χ2n) is 14.2. The number of nitrogens with one attached hydrogen (secondary N) is 3. The van der Waals surface area contributed by atoms with Crippen molar-refractivity contribution < 1.29 is 59.1 Å². The Kier molecular flexibility index (Phi) is 16.5. The van der Waals surface area contributed by atoms with Gasteiger partial charge in [-0.1, -0.05) is 13.8 Å². The summed E-state index contributed by atoms with van der Waals surface area (Å²) in [4.78, 5) is 92.9. The maximum Gasteiger partial charge on any atom is 0.326 e. The Morgan fingerprint density at radius 3 is 1.69 bits per heavy atom. The van der Waals surface area contributed by atoms with Crippen molar-refractivity contribution in [2.24, 2.45) is 11.1 Å². The molecule has 0 aliphatic heterocycles. The molecule has 0 aliphatic carbocycles. The number of nitrogens with two attached hydrogens (primary N) is 1. The van der Waals surface area contributed by atoms with E-state index in [1.165, 1.54) is 21.5 Å². The molecule has 3 amide bonds. The van der Waals surface area contributed by atoms with Crippen LogP contribution in [0, 0.1) is 5.41 Å². The first kappa shape index (κ1) is 44.6. The summed E-state index contributed by atoms with van der Waals surface area (Å²) in [6, 6.07) is -5.01. The van der Waals surface area contributed by atoms with Crippen LogP contribution in [0.15, 0.2) is 24.8 Å². The van der Waals surface area contributed by atoms with E-state index < -0.39 is 83.7 Å². The van der Waals surface area contributed by atoms with Gasteiger partial charge in [-0.25, -0.2) is 24.4 Å². The number of nitrogens with zero attached hydrogens (tertiary/aromatic N) is 5. The van der Waals surface area contributed by atoms with Gasteiger partial charge in [-0.2, -0.15) is 0 Å². The van der Waals surface area contributed by atoms with E-state index in [0.29, 0.717) is 24.5 Å². The van der Waals surface area contributed by atoms with Gasteiger partial charge in [-0.3, -0.25) is 24.1 Å². The van der Waals surface area contributed by atoms with Crippen molar-refractivity contribution in [2.45, 2.75) is 116 Å². The van der Waals surface area contributed by atoms with Crippen molar-refractivity contribution in [1.29, 1.82) is 0 Å². The molecule has 0 spiro atoms. The summed E-state index contributed by atoms with van der Waals surface area (Å²) in [7, 11) is 0. The molecule has 21 heteroatoms. The van der Waals surface area contributed by atoms with Crippen LogP contribution in [0.3, 0.4) is 0 Å². The Labute approximate surface area is 310 Å². The maximum absolute atomic E-state index is 13.2. The van der Waals surface area contributed by atoms with Crippen molar-refractivity contribution in [2.75, 3.05) is 6.54 Å². The summed E-state index contributed by atoms with van der Waals surface area (Å²) in [6.07, 6.45) is 5.98. The largest absolute Gasteiger partial charge is 0.481 e. The number of aromatic nitrogens is 4. The second-order valence-corrected chi connectivity index (χ2v) is 14.2. The van der Waals surface area contributed by atoms with Gasteiger partial charge in [0.2, 0.25) is 5.91 Å². The number of imidazole rings is 2. The molecule has 2 rings (SSSR count). The van der Waals surface area contributed by atoms with E-state index in [1.807, 2.05) is 32.6 Å². The predicted molar refractivity (Wildman–Crippen MR) is 188 cm³/mol. The van der Waals surface area contributed by atoms with Gasteiger partial charge in [0, 0.05) is 43.3 Å². The van der Waals surface area contributed by atoms with E-state index in [9.17, 15) is 54.0 Å². The molecule has 300 valence electrons. The molecule has 0 saturated heterocycles. The quantitative estimate of drug-likeness (QED) is 0.0607. The van der Waals surface area contributed by atoms with Crippen LogP contribution < -0.4 is 21.7 Å². The van der Waals surface area contributed by atoms with E-state index in [2.05, 4.69) is 25.9 Å². The lowest BCUT2D eigenvalue weighted by Crippen LogP contribution is -2.55. The minimum atomic E-state index is -1.53. The molecule has 21 nitrogen and oxygen atoms in total. The molecule has 0 saturated carbocycles. The van der Waals surface area contributed by atoms with E-state index in [-0.39, 0.29) is 45.6 Å². The number of urea groups is 1. The first-order valence-electron chi connectivity index (χ1n) is 17.1. The van der Waals surface area contributed by atoms with Crippen LogP contribution in [-0.4, -0.2) is 122 Å². The van der Waals surface area contributed by atoms with E-state index in [0.717, 1.165) is 0 Å². The van der Waals surface area contributed by atoms with Crippen LogP contribution in [0.4, 0.5) is 4.79 Å². The van der Waals surface area contributed by atoms with Crippen molar-refractivity contribution in [3.63, 3.8) is 0 Å². The number of aliphatic carboxylic acids is 5. The number of carboxylic acid groups (broad SMARTS) is 5. The fourth-order valence-corrected chi connectivity index (χ4v) is 6.02. The number of hydrogen-bond donors (Lipinski definition) is 9. The lowest BCUT2D eigenvalue weighted by atomic mass is 9.74. The first-order valence-corrected chi connectivity index (χ1v) is 17.1. The van der Waals surface area contributed by atoms with E-state index in [4.69, 9.17) is 10.8 Å². The number of carboxylic acids is 5. The number of carbonyl (C=O) groups excluding carboxylic acids is 2. The molecule has 2 aromatic rings. The molecule has 0 radical (unpaired) electrons. The fourth-order valence-electron chi connectivity index (χ4n) is 6.02. The normalized spacial score (nSPS) is 13.4. The summed E-state index contributed by atoms with van der Waals surface area (Å²) in [5.74, 6) is -5.79. The maximum atomic E-state index is 13.2. The molecule has 0 fully saturated rings. The third-order valence-electron chi connectivity index (χ3n) is 8.82. The number of rotatable bonds is 25. The minimum absolute atomic E-state index is 0.0531. The van der Waals surface area contributed by atoms with Crippen LogP contribution in [0.2, 0.25) is 0 Å². The molecule has 2 aromatic heterocycles. The molecule has 0 bridgehead atoms. The standard InChI is InChI=1S/C33H51N9O12/c1-32(2,27(34)28(49)37-10-6-5-7-20(29(50)51)38-31(54)39-21(30(52)53)8-9-24(43)44)19-33(3,4)42(15-22-35-11-13-40(22)17-25(45)46)16-23-36-12-14-41(23)18-26(47)48/h11-14,20-21,27H,5-10,15-19,34H2,1-4H3,(H,37,49)(H,43,44)(H,45,46)(H,47,48)(H,50,51)(H,52,53)(H2,38,39,54). The average Bonchev–Trinajstić information content (AvgIpc) is 3.68. The highest BCUT2D eigenvalue weighted by atomic mass is 16.4. The zero-order valence-electron chi connectivity index (χ0n) is 30.7. The SMILES string of the molecule is CC(C)(CC(C)(C)N(Cc1nccn1CC(=O)O)Cc1nccn1CC(=O)O)C(N)C(=O)NCCCCC(NC(=O)NC(CCC(=O)O)C(=O)O)C(=O)O. The van der Waals surface area contributed by atoms with Crippen LogP contribution in [-0.2, 0) is 54.9 Å². The van der Waals surface area contributed by atoms with Gasteiger partial charge in [0.05, 0.1) is 19.1 Å². The van der Waals surface area contributed by atoms with Gasteiger partial charge in [0.1, 0.15) is 36.8 Å². The second kappa shape index (κ2) is 20.0. The molecule has 2 heterocycles. The Hall–Kier alpha value is -5.57. The smallest absolute Gasteiger partial charge is 0.326 e. The van der Waals surface area contributed by atoms with Gasteiger partial charge in [0.25, 0.3) is 0 Å². The van der Waals surface area contributed by atoms with Gasteiger partial charge in [0.15, 0.2) is 0 Å². The zero-order chi connectivity index (χ0) is 40.8. The summed E-state index contributed by atoms with van der Waals surface area (Å²) < 4.78 is 2.98. The fraction of sp³-hybridized carbons (Fsp3) is 0.606. The van der Waals surface area contributed by atoms with Crippen molar-refractivity contribution >= 4 is 41.8 Å². The molecule has 3 atom stereocenters. The monoisotopic (exact) mass is 765 g/mol. The van der Waals surface area contributed by atoms with Crippen molar-refractivity contribution in [3.05, 3.63) is 36.4 Å². The van der Waals surface area contributed by atoms with Gasteiger partial charge in [-0.15, -0.1) is 0 Å². The van der Waals surface area contributed by atoms with Crippen molar-refractivity contribution in [3.8, 4) is 0 Å². The van der Waals surface area contributed by atoms with Crippen LogP contribution in [0.25, 0.3) is 0 Å². The highest BCUT2D eigenvalue weighted by Crippen LogP contribution is 2.35.